The molecule has 7 nitrogen and oxygen atoms in total. The second kappa shape index (κ2) is 8.03. The Bertz CT molecular complexity index is 962. The Morgan fingerprint density at radius 1 is 1.03 bits per heavy atom. The molecule has 7 heteroatoms. The van der Waals surface area contributed by atoms with Crippen LogP contribution in [0.5, 0.6) is 5.75 Å². The van der Waals surface area contributed by atoms with Gasteiger partial charge in [0, 0.05) is 7.05 Å². The molecule has 0 spiro atoms. The first kappa shape index (κ1) is 19.1. The number of carbonyl (C=O) groups is 1. The molecule has 0 atom stereocenters. The fraction of sp³-hybridized carbons (Fsp3) is 0.364. The number of carbonyl (C=O) groups excluding carboxylic acids is 1. The molecule has 2 aromatic carbocycles. The maximum atomic E-state index is 13.0. The van der Waals surface area contributed by atoms with Crippen LogP contribution in [-0.2, 0) is 5.54 Å². The zero-order valence-corrected chi connectivity index (χ0v) is 16.8. The summed E-state index contributed by atoms with van der Waals surface area (Å²) < 4.78 is 7.37. The number of ether oxygens (including phenoxy) is 1. The lowest BCUT2D eigenvalue weighted by Gasteiger charge is -2.42. The van der Waals surface area contributed by atoms with Gasteiger partial charge in [-0.05, 0) is 54.5 Å². The minimum Gasteiger partial charge on any atom is -0.410 e. The third-order valence-corrected chi connectivity index (χ3v) is 5.71. The van der Waals surface area contributed by atoms with E-state index in [-0.39, 0.29) is 0 Å². The molecular formula is C22H25N5O2. The van der Waals surface area contributed by atoms with Crippen molar-refractivity contribution in [2.45, 2.75) is 44.6 Å². The third-order valence-electron chi connectivity index (χ3n) is 5.71. The van der Waals surface area contributed by atoms with Crippen LogP contribution in [0.25, 0.3) is 5.69 Å². The molecule has 150 valence electrons. The van der Waals surface area contributed by atoms with Crippen LogP contribution in [0.4, 0.5) is 4.79 Å². The average molecular weight is 391 g/mol. The van der Waals surface area contributed by atoms with Gasteiger partial charge >= 0.3 is 6.09 Å². The van der Waals surface area contributed by atoms with Gasteiger partial charge in [-0.25, -0.2) is 4.79 Å². The molecule has 4 rings (SSSR count). The number of hydrogen-bond donors (Lipinski definition) is 0. The van der Waals surface area contributed by atoms with Crippen molar-refractivity contribution in [2.75, 3.05) is 7.05 Å². The second-order valence-electron chi connectivity index (χ2n) is 7.58. The summed E-state index contributed by atoms with van der Waals surface area (Å²) in [4.78, 5) is 14.7. The largest absolute Gasteiger partial charge is 0.415 e. The molecule has 1 heterocycles. The van der Waals surface area contributed by atoms with E-state index in [1.165, 1.54) is 5.56 Å². The van der Waals surface area contributed by atoms with Gasteiger partial charge in [0.05, 0.1) is 5.69 Å². The van der Waals surface area contributed by atoms with Crippen molar-refractivity contribution < 1.29 is 9.53 Å². The smallest absolute Gasteiger partial charge is 0.410 e. The molecule has 1 aliphatic rings. The van der Waals surface area contributed by atoms with E-state index in [2.05, 4.69) is 15.5 Å². The number of para-hydroxylation sites is 1. The molecule has 0 radical (unpaired) electrons. The molecule has 29 heavy (non-hydrogen) atoms. The molecule has 0 N–H and O–H groups in total. The highest BCUT2D eigenvalue weighted by Gasteiger charge is 2.45. The van der Waals surface area contributed by atoms with Crippen molar-refractivity contribution in [1.29, 1.82) is 0 Å². The molecule has 0 aliphatic heterocycles. The van der Waals surface area contributed by atoms with Gasteiger partial charge in [-0.2, -0.15) is 4.68 Å². The van der Waals surface area contributed by atoms with Crippen molar-refractivity contribution in [3.8, 4) is 11.4 Å². The van der Waals surface area contributed by atoms with E-state index in [1.54, 1.807) is 28.8 Å². The average Bonchev–Trinajstić information content (AvgIpc) is 3.25. The van der Waals surface area contributed by atoms with Crippen molar-refractivity contribution in [3.63, 3.8) is 0 Å². The zero-order chi connectivity index (χ0) is 20.3. The second-order valence-corrected chi connectivity index (χ2v) is 7.58. The van der Waals surface area contributed by atoms with Crippen LogP contribution in [0.15, 0.2) is 54.6 Å². The lowest BCUT2D eigenvalue weighted by Crippen LogP contribution is -2.51. The third kappa shape index (κ3) is 3.72. The summed E-state index contributed by atoms with van der Waals surface area (Å²) in [5.74, 6) is 1.20. The van der Waals surface area contributed by atoms with Gasteiger partial charge in [0.15, 0.2) is 5.82 Å². The molecule has 1 amide bonds. The number of hydrogen-bond acceptors (Lipinski definition) is 5. The Kier molecular flexibility index (Phi) is 5.29. The quantitative estimate of drug-likeness (QED) is 0.664. The maximum absolute atomic E-state index is 13.0. The van der Waals surface area contributed by atoms with Crippen molar-refractivity contribution in [3.05, 3.63) is 66.0 Å². The predicted molar refractivity (Wildman–Crippen MR) is 109 cm³/mol. The number of tetrazole rings is 1. The summed E-state index contributed by atoms with van der Waals surface area (Å²) >= 11 is 0. The number of aryl methyl sites for hydroxylation is 1. The monoisotopic (exact) mass is 391 g/mol. The molecule has 1 fully saturated rings. The van der Waals surface area contributed by atoms with Gasteiger partial charge in [-0.1, -0.05) is 55.2 Å². The van der Waals surface area contributed by atoms with Crippen LogP contribution < -0.4 is 4.74 Å². The fourth-order valence-corrected chi connectivity index (χ4v) is 4.02. The summed E-state index contributed by atoms with van der Waals surface area (Å²) in [6, 6.07) is 17.2. The lowest BCUT2D eigenvalue weighted by molar-refractivity contribution is 0.0622. The first-order chi connectivity index (χ1) is 14.1. The molecule has 0 unspecified atom stereocenters. The zero-order valence-electron chi connectivity index (χ0n) is 16.8. The summed E-state index contributed by atoms with van der Waals surface area (Å²) in [6.07, 6.45) is 4.32. The molecule has 1 aromatic heterocycles. The molecule has 3 aromatic rings. The number of nitrogens with zero attached hydrogens (tertiary/aromatic N) is 5. The SMILES string of the molecule is Cc1ccc(-n2nnnc2C2(N(C)C(=O)Oc3ccccc3)CCCCC2)cc1. The normalized spacial score (nSPS) is 15.7. The fourth-order valence-electron chi connectivity index (χ4n) is 4.02. The summed E-state index contributed by atoms with van der Waals surface area (Å²) in [7, 11) is 1.78. The summed E-state index contributed by atoms with van der Waals surface area (Å²) in [5, 5.41) is 12.6. The van der Waals surface area contributed by atoms with E-state index in [4.69, 9.17) is 4.74 Å². The summed E-state index contributed by atoms with van der Waals surface area (Å²) in [5.41, 5.74) is 1.43. The van der Waals surface area contributed by atoms with Crippen LogP contribution in [0.1, 0.15) is 43.5 Å². The van der Waals surface area contributed by atoms with E-state index in [1.807, 2.05) is 49.4 Å². The Hall–Kier alpha value is -3.22. The van der Waals surface area contributed by atoms with Crippen LogP contribution >= 0.6 is 0 Å². The van der Waals surface area contributed by atoms with Gasteiger partial charge in [0.2, 0.25) is 0 Å². The van der Waals surface area contributed by atoms with Crippen LogP contribution in [-0.4, -0.2) is 38.2 Å². The highest BCUT2D eigenvalue weighted by Crippen LogP contribution is 2.41. The first-order valence-corrected chi connectivity index (χ1v) is 9.97. The van der Waals surface area contributed by atoms with E-state index in [0.717, 1.165) is 37.8 Å². The minimum atomic E-state index is -0.613. The minimum absolute atomic E-state index is 0.406. The highest BCUT2D eigenvalue weighted by molar-refractivity contribution is 5.71. The Labute approximate surface area is 170 Å². The summed E-state index contributed by atoms with van der Waals surface area (Å²) in [6.45, 7) is 2.04. The Balaban J connectivity index is 1.70. The molecular weight excluding hydrogens is 366 g/mol. The topological polar surface area (TPSA) is 73.1 Å². The van der Waals surface area contributed by atoms with Gasteiger partial charge in [-0.3, -0.25) is 4.90 Å². The molecule has 1 aliphatic carbocycles. The van der Waals surface area contributed by atoms with Crippen LogP contribution in [0.2, 0.25) is 0 Å². The van der Waals surface area contributed by atoms with Crippen LogP contribution in [0, 0.1) is 6.92 Å². The lowest BCUT2D eigenvalue weighted by atomic mass is 9.79. The number of rotatable bonds is 4. The van der Waals surface area contributed by atoms with Crippen LogP contribution in [0.3, 0.4) is 0 Å². The van der Waals surface area contributed by atoms with E-state index < -0.39 is 11.6 Å². The maximum Gasteiger partial charge on any atom is 0.415 e. The molecule has 1 saturated carbocycles. The standard InChI is InChI=1S/C22H25N5O2/c1-17-11-13-18(14-12-17)27-20(23-24-25-27)22(15-7-4-8-16-22)26(2)21(28)29-19-9-5-3-6-10-19/h3,5-6,9-14H,4,7-8,15-16H2,1-2H3. The predicted octanol–water partition coefficient (Wildman–Crippen LogP) is 4.26. The van der Waals surface area contributed by atoms with E-state index >= 15 is 0 Å². The van der Waals surface area contributed by atoms with Gasteiger partial charge in [-0.15, -0.1) is 5.10 Å². The number of aromatic nitrogens is 4. The van der Waals surface area contributed by atoms with Crippen molar-refractivity contribution >= 4 is 6.09 Å². The number of benzene rings is 2. The van der Waals surface area contributed by atoms with Crippen molar-refractivity contribution in [2.24, 2.45) is 0 Å². The number of amides is 1. The Morgan fingerprint density at radius 2 is 1.72 bits per heavy atom. The van der Waals surface area contributed by atoms with Gasteiger partial charge in [0.1, 0.15) is 11.3 Å². The first-order valence-electron chi connectivity index (χ1n) is 9.97. The van der Waals surface area contributed by atoms with E-state index in [0.29, 0.717) is 11.6 Å². The molecule has 0 saturated heterocycles. The van der Waals surface area contributed by atoms with E-state index in [9.17, 15) is 4.79 Å². The Morgan fingerprint density at radius 3 is 2.41 bits per heavy atom. The van der Waals surface area contributed by atoms with Gasteiger partial charge in [0.25, 0.3) is 0 Å². The van der Waals surface area contributed by atoms with Crippen molar-refractivity contribution in [1.82, 2.24) is 25.1 Å². The molecule has 0 bridgehead atoms. The highest BCUT2D eigenvalue weighted by atomic mass is 16.6. The van der Waals surface area contributed by atoms with Gasteiger partial charge < -0.3 is 4.74 Å².